The first kappa shape index (κ1) is 16.2. The molecule has 0 amide bonds. The van der Waals surface area contributed by atoms with Gasteiger partial charge < -0.3 is 10.2 Å². The van der Waals surface area contributed by atoms with Crippen molar-refractivity contribution in [1.29, 1.82) is 0 Å². The molecule has 0 unspecified atom stereocenters. The van der Waals surface area contributed by atoms with Gasteiger partial charge in [-0.25, -0.2) is 8.78 Å². The monoisotopic (exact) mass is 296 g/mol. The number of benzene rings is 1. The highest BCUT2D eigenvalue weighted by molar-refractivity contribution is 5.51. The SMILES string of the molecule is CCN(CC1CC1)c1c(F)cc(CNC(C)(C)C)cc1F. The molecular formula is C17H26F2N2. The summed E-state index contributed by atoms with van der Waals surface area (Å²) in [7, 11) is 0. The summed E-state index contributed by atoms with van der Waals surface area (Å²) in [6.45, 7) is 9.88. The van der Waals surface area contributed by atoms with Crippen molar-refractivity contribution in [3.05, 3.63) is 29.3 Å². The van der Waals surface area contributed by atoms with Gasteiger partial charge in [-0.3, -0.25) is 0 Å². The Morgan fingerprint density at radius 1 is 1.19 bits per heavy atom. The van der Waals surface area contributed by atoms with Crippen LogP contribution in [-0.2, 0) is 6.54 Å². The van der Waals surface area contributed by atoms with Crippen LogP contribution in [0, 0.1) is 17.6 Å². The number of rotatable bonds is 6. The average molecular weight is 296 g/mol. The first-order chi connectivity index (χ1) is 9.80. The van der Waals surface area contributed by atoms with Gasteiger partial charge in [0.1, 0.15) is 17.3 Å². The van der Waals surface area contributed by atoms with Crippen LogP contribution in [0.5, 0.6) is 0 Å². The van der Waals surface area contributed by atoms with Crippen LogP contribution in [0.25, 0.3) is 0 Å². The molecule has 2 nitrogen and oxygen atoms in total. The van der Waals surface area contributed by atoms with E-state index in [1.54, 1.807) is 0 Å². The van der Waals surface area contributed by atoms with Crippen molar-refractivity contribution in [3.8, 4) is 0 Å². The van der Waals surface area contributed by atoms with Gasteiger partial charge in [0.2, 0.25) is 0 Å². The Kier molecular flexibility index (Phi) is 4.87. The van der Waals surface area contributed by atoms with Crippen LogP contribution >= 0.6 is 0 Å². The molecule has 1 aromatic rings. The van der Waals surface area contributed by atoms with Crippen LogP contribution in [0.4, 0.5) is 14.5 Å². The number of halogens is 2. The van der Waals surface area contributed by atoms with E-state index in [0.717, 1.165) is 6.54 Å². The molecule has 0 heterocycles. The number of hydrogen-bond donors (Lipinski definition) is 1. The molecule has 1 fully saturated rings. The number of hydrogen-bond acceptors (Lipinski definition) is 2. The van der Waals surface area contributed by atoms with Crippen molar-refractivity contribution in [2.24, 2.45) is 5.92 Å². The molecule has 0 bridgehead atoms. The second kappa shape index (κ2) is 6.30. The Balaban J connectivity index is 2.15. The molecule has 1 aromatic carbocycles. The van der Waals surface area contributed by atoms with E-state index >= 15 is 0 Å². The minimum Gasteiger partial charge on any atom is -0.367 e. The first-order valence-electron chi connectivity index (χ1n) is 7.78. The fourth-order valence-electron chi connectivity index (χ4n) is 2.38. The van der Waals surface area contributed by atoms with E-state index in [0.29, 0.717) is 24.6 Å². The molecule has 1 saturated carbocycles. The van der Waals surface area contributed by atoms with E-state index in [-0.39, 0.29) is 11.2 Å². The Morgan fingerprint density at radius 3 is 2.19 bits per heavy atom. The van der Waals surface area contributed by atoms with Gasteiger partial charge in [-0.2, -0.15) is 0 Å². The third kappa shape index (κ3) is 4.67. The third-order valence-electron chi connectivity index (χ3n) is 3.77. The molecule has 1 aliphatic rings. The largest absolute Gasteiger partial charge is 0.367 e. The van der Waals surface area contributed by atoms with Gasteiger partial charge in [-0.15, -0.1) is 0 Å². The second-order valence-electron chi connectivity index (χ2n) is 6.99. The summed E-state index contributed by atoms with van der Waals surface area (Å²) in [5, 5.41) is 3.25. The van der Waals surface area contributed by atoms with Gasteiger partial charge in [0.15, 0.2) is 0 Å². The topological polar surface area (TPSA) is 15.3 Å². The molecule has 0 aliphatic heterocycles. The van der Waals surface area contributed by atoms with Gasteiger partial charge in [-0.05, 0) is 64.2 Å². The fraction of sp³-hybridized carbons (Fsp3) is 0.647. The van der Waals surface area contributed by atoms with Crippen molar-refractivity contribution in [2.75, 3.05) is 18.0 Å². The maximum atomic E-state index is 14.3. The summed E-state index contributed by atoms with van der Waals surface area (Å²) >= 11 is 0. The van der Waals surface area contributed by atoms with E-state index < -0.39 is 11.6 Å². The smallest absolute Gasteiger partial charge is 0.149 e. The summed E-state index contributed by atoms with van der Waals surface area (Å²) < 4.78 is 28.7. The quantitative estimate of drug-likeness (QED) is 0.850. The number of nitrogens with one attached hydrogen (secondary N) is 1. The minimum absolute atomic E-state index is 0.0763. The van der Waals surface area contributed by atoms with E-state index in [1.165, 1.54) is 25.0 Å². The Hall–Kier alpha value is -1.16. The van der Waals surface area contributed by atoms with Gasteiger partial charge >= 0.3 is 0 Å². The predicted octanol–water partition coefficient (Wildman–Crippen LogP) is 4.09. The van der Waals surface area contributed by atoms with Crippen molar-refractivity contribution >= 4 is 5.69 Å². The van der Waals surface area contributed by atoms with E-state index in [1.807, 2.05) is 32.6 Å². The number of nitrogens with zero attached hydrogens (tertiary/aromatic N) is 1. The standard InChI is InChI=1S/C17H26F2N2/c1-5-21(11-12-6-7-12)16-14(18)8-13(9-15(16)19)10-20-17(2,3)4/h8-9,12,20H,5-7,10-11H2,1-4H3. The predicted molar refractivity (Wildman–Crippen MR) is 83.6 cm³/mol. The van der Waals surface area contributed by atoms with Gasteiger partial charge in [-0.1, -0.05) is 0 Å². The zero-order chi connectivity index (χ0) is 15.6. The average Bonchev–Trinajstić information content (AvgIpc) is 3.17. The molecule has 0 aromatic heterocycles. The Bertz CT molecular complexity index is 467. The van der Waals surface area contributed by atoms with E-state index in [4.69, 9.17) is 0 Å². The molecule has 1 aliphatic carbocycles. The third-order valence-corrected chi connectivity index (χ3v) is 3.77. The van der Waals surface area contributed by atoms with Crippen molar-refractivity contribution in [3.63, 3.8) is 0 Å². The summed E-state index contributed by atoms with van der Waals surface area (Å²) in [4.78, 5) is 1.82. The van der Waals surface area contributed by atoms with Gasteiger partial charge in [0.05, 0.1) is 0 Å². The van der Waals surface area contributed by atoms with Gasteiger partial charge in [0.25, 0.3) is 0 Å². The first-order valence-corrected chi connectivity index (χ1v) is 7.78. The molecule has 0 saturated heterocycles. The molecule has 4 heteroatoms. The van der Waals surface area contributed by atoms with Crippen molar-refractivity contribution in [2.45, 2.75) is 52.6 Å². The molecule has 0 spiro atoms. The van der Waals surface area contributed by atoms with Crippen LogP contribution < -0.4 is 10.2 Å². The van der Waals surface area contributed by atoms with Crippen LogP contribution in [0.3, 0.4) is 0 Å². The molecule has 2 rings (SSSR count). The van der Waals surface area contributed by atoms with Crippen LogP contribution in [0.2, 0.25) is 0 Å². The lowest BCUT2D eigenvalue weighted by Crippen LogP contribution is -2.35. The zero-order valence-corrected chi connectivity index (χ0v) is 13.5. The summed E-state index contributed by atoms with van der Waals surface area (Å²) in [5.74, 6) is -0.308. The van der Waals surface area contributed by atoms with Crippen molar-refractivity contribution < 1.29 is 8.78 Å². The Labute approximate surface area is 126 Å². The highest BCUT2D eigenvalue weighted by Crippen LogP contribution is 2.33. The maximum absolute atomic E-state index is 14.3. The maximum Gasteiger partial charge on any atom is 0.149 e. The molecule has 0 radical (unpaired) electrons. The highest BCUT2D eigenvalue weighted by atomic mass is 19.1. The van der Waals surface area contributed by atoms with Crippen molar-refractivity contribution in [1.82, 2.24) is 5.32 Å². The van der Waals surface area contributed by atoms with Gasteiger partial charge in [0, 0.05) is 25.2 Å². The van der Waals surface area contributed by atoms with Crippen LogP contribution in [0.1, 0.15) is 46.1 Å². The van der Waals surface area contributed by atoms with Crippen LogP contribution in [-0.4, -0.2) is 18.6 Å². The Morgan fingerprint density at radius 2 is 1.76 bits per heavy atom. The zero-order valence-electron chi connectivity index (χ0n) is 13.5. The molecular weight excluding hydrogens is 270 g/mol. The normalized spacial score (nSPS) is 15.3. The van der Waals surface area contributed by atoms with E-state index in [9.17, 15) is 8.78 Å². The lowest BCUT2D eigenvalue weighted by atomic mass is 10.1. The molecule has 118 valence electrons. The minimum atomic E-state index is -0.455. The van der Waals surface area contributed by atoms with Crippen LogP contribution in [0.15, 0.2) is 12.1 Å². The highest BCUT2D eigenvalue weighted by Gasteiger charge is 2.26. The molecule has 21 heavy (non-hydrogen) atoms. The summed E-state index contributed by atoms with van der Waals surface area (Å²) in [6.07, 6.45) is 2.35. The molecule has 1 N–H and O–H groups in total. The lowest BCUT2D eigenvalue weighted by Gasteiger charge is -2.25. The fourth-order valence-corrected chi connectivity index (χ4v) is 2.38. The number of anilines is 1. The second-order valence-corrected chi connectivity index (χ2v) is 6.99. The lowest BCUT2D eigenvalue weighted by molar-refractivity contribution is 0.422. The summed E-state index contributed by atoms with van der Waals surface area (Å²) in [5.41, 5.74) is 0.697. The molecule has 0 atom stereocenters. The summed E-state index contributed by atoms with van der Waals surface area (Å²) in [6, 6.07) is 2.90. The van der Waals surface area contributed by atoms with E-state index in [2.05, 4.69) is 5.32 Å².